The summed E-state index contributed by atoms with van der Waals surface area (Å²) in [5.74, 6) is 0. The molecule has 2 amide bonds. The minimum atomic E-state index is -0.0791. The van der Waals surface area contributed by atoms with Crippen LogP contribution in [0, 0.1) is 6.54 Å². The number of rotatable bonds is 7. The van der Waals surface area contributed by atoms with Gasteiger partial charge < -0.3 is 10.6 Å². The van der Waals surface area contributed by atoms with Crippen LogP contribution in [-0.2, 0) is 0 Å². The standard InChI is InChI=1S/C10H21N2O/c1-3-5-7-9-12-10(13)11-8-6-4-2/h8H,3-7,9H2,1-2H3,(H2,11,12,13). The average molecular weight is 185 g/mol. The maximum atomic E-state index is 11.0. The number of nitrogens with one attached hydrogen (secondary N) is 2. The highest BCUT2D eigenvalue weighted by Crippen LogP contribution is 1.91. The van der Waals surface area contributed by atoms with E-state index in [1.165, 1.54) is 12.8 Å². The summed E-state index contributed by atoms with van der Waals surface area (Å²) in [7, 11) is 0. The normalized spacial score (nSPS) is 9.69. The fourth-order valence-corrected chi connectivity index (χ4v) is 0.937. The summed E-state index contributed by atoms with van der Waals surface area (Å²) in [6.45, 7) is 6.81. The van der Waals surface area contributed by atoms with E-state index >= 15 is 0 Å². The molecule has 0 rings (SSSR count). The molecule has 0 spiro atoms. The average Bonchev–Trinajstić information content (AvgIpc) is 2.13. The number of carbonyl (C=O) groups is 1. The van der Waals surface area contributed by atoms with E-state index in [0.717, 1.165) is 25.8 Å². The summed E-state index contributed by atoms with van der Waals surface area (Å²) < 4.78 is 0. The van der Waals surface area contributed by atoms with E-state index in [1.807, 2.05) is 0 Å². The Hall–Kier alpha value is -0.730. The molecule has 0 atom stereocenters. The van der Waals surface area contributed by atoms with Gasteiger partial charge in [0.15, 0.2) is 0 Å². The molecule has 0 aromatic heterocycles. The Kier molecular flexibility index (Phi) is 8.83. The van der Waals surface area contributed by atoms with E-state index in [0.29, 0.717) is 0 Å². The van der Waals surface area contributed by atoms with Gasteiger partial charge in [-0.05, 0) is 12.8 Å². The lowest BCUT2D eigenvalue weighted by atomic mass is 10.2. The van der Waals surface area contributed by atoms with Crippen LogP contribution in [0.3, 0.4) is 0 Å². The lowest BCUT2D eigenvalue weighted by molar-refractivity contribution is 0.242. The monoisotopic (exact) mass is 185 g/mol. The minimum absolute atomic E-state index is 0.0791. The van der Waals surface area contributed by atoms with E-state index in [-0.39, 0.29) is 6.03 Å². The van der Waals surface area contributed by atoms with Crippen LogP contribution >= 0.6 is 0 Å². The van der Waals surface area contributed by atoms with Crippen molar-refractivity contribution in [3.8, 4) is 0 Å². The van der Waals surface area contributed by atoms with Crippen LogP contribution in [-0.4, -0.2) is 12.6 Å². The summed E-state index contributed by atoms with van der Waals surface area (Å²) in [5.41, 5.74) is 0. The largest absolute Gasteiger partial charge is 0.338 e. The van der Waals surface area contributed by atoms with E-state index in [4.69, 9.17) is 0 Å². The van der Waals surface area contributed by atoms with Crippen molar-refractivity contribution in [2.45, 2.75) is 46.0 Å². The fraction of sp³-hybridized carbons (Fsp3) is 0.800. The summed E-state index contributed by atoms with van der Waals surface area (Å²) in [5, 5.41) is 5.48. The van der Waals surface area contributed by atoms with Crippen LogP contribution in [0.1, 0.15) is 46.0 Å². The van der Waals surface area contributed by atoms with Crippen molar-refractivity contribution in [3.63, 3.8) is 0 Å². The van der Waals surface area contributed by atoms with Gasteiger partial charge in [-0.25, -0.2) is 4.79 Å². The second-order valence-electron chi connectivity index (χ2n) is 3.10. The molecule has 0 unspecified atom stereocenters. The van der Waals surface area contributed by atoms with Crippen molar-refractivity contribution in [1.82, 2.24) is 10.6 Å². The van der Waals surface area contributed by atoms with Gasteiger partial charge in [0.2, 0.25) is 0 Å². The second-order valence-corrected chi connectivity index (χ2v) is 3.10. The Balaban J connectivity index is 3.11. The van der Waals surface area contributed by atoms with Crippen molar-refractivity contribution in [3.05, 3.63) is 6.54 Å². The van der Waals surface area contributed by atoms with Crippen LogP contribution in [0.2, 0.25) is 0 Å². The Morgan fingerprint density at radius 2 is 2.00 bits per heavy atom. The molecular formula is C10H21N2O. The zero-order valence-corrected chi connectivity index (χ0v) is 8.73. The van der Waals surface area contributed by atoms with Gasteiger partial charge in [-0.15, -0.1) is 0 Å². The highest BCUT2D eigenvalue weighted by molar-refractivity contribution is 5.74. The molecule has 77 valence electrons. The van der Waals surface area contributed by atoms with E-state index < -0.39 is 0 Å². The van der Waals surface area contributed by atoms with Crippen molar-refractivity contribution in [1.29, 1.82) is 0 Å². The molecule has 0 saturated heterocycles. The van der Waals surface area contributed by atoms with E-state index in [2.05, 4.69) is 24.5 Å². The molecule has 0 aromatic rings. The summed E-state index contributed by atoms with van der Waals surface area (Å²) >= 11 is 0. The third kappa shape index (κ3) is 9.18. The third-order valence-corrected chi connectivity index (χ3v) is 1.73. The maximum absolute atomic E-state index is 11.0. The number of unbranched alkanes of at least 4 members (excludes halogenated alkanes) is 3. The predicted octanol–water partition coefficient (Wildman–Crippen LogP) is 2.44. The molecule has 0 heterocycles. The zero-order chi connectivity index (χ0) is 9.94. The smallest absolute Gasteiger partial charge is 0.315 e. The Morgan fingerprint density at radius 1 is 1.23 bits per heavy atom. The molecule has 0 saturated carbocycles. The Morgan fingerprint density at radius 3 is 2.62 bits per heavy atom. The molecule has 0 aromatic carbocycles. The molecule has 1 radical (unpaired) electrons. The van der Waals surface area contributed by atoms with Gasteiger partial charge in [0.05, 0.1) is 6.54 Å². The van der Waals surface area contributed by atoms with Crippen LogP contribution in [0.5, 0.6) is 0 Å². The predicted molar refractivity (Wildman–Crippen MR) is 55.3 cm³/mol. The van der Waals surface area contributed by atoms with Gasteiger partial charge in [0, 0.05) is 6.54 Å². The Bertz CT molecular complexity index is 126. The summed E-state index contributed by atoms with van der Waals surface area (Å²) in [6, 6.07) is -0.0791. The van der Waals surface area contributed by atoms with Crippen molar-refractivity contribution in [2.24, 2.45) is 0 Å². The SMILES string of the molecule is CCC[CH]NC(=O)NCCCCC. The molecular weight excluding hydrogens is 164 g/mol. The van der Waals surface area contributed by atoms with Crippen LogP contribution < -0.4 is 10.6 Å². The molecule has 0 aliphatic rings. The number of carbonyl (C=O) groups excluding carboxylic acids is 1. The van der Waals surface area contributed by atoms with Gasteiger partial charge in [-0.1, -0.05) is 33.1 Å². The summed E-state index contributed by atoms with van der Waals surface area (Å²) in [6.07, 6.45) is 5.43. The maximum Gasteiger partial charge on any atom is 0.315 e. The van der Waals surface area contributed by atoms with Crippen molar-refractivity contribution in [2.75, 3.05) is 6.54 Å². The molecule has 2 N–H and O–H groups in total. The molecule has 3 heteroatoms. The first-order valence-electron chi connectivity index (χ1n) is 5.17. The van der Waals surface area contributed by atoms with Gasteiger partial charge >= 0.3 is 6.03 Å². The van der Waals surface area contributed by atoms with E-state index in [1.54, 1.807) is 6.54 Å². The first-order valence-corrected chi connectivity index (χ1v) is 5.17. The van der Waals surface area contributed by atoms with Crippen molar-refractivity contribution >= 4 is 6.03 Å². The van der Waals surface area contributed by atoms with Gasteiger partial charge in [-0.3, -0.25) is 0 Å². The van der Waals surface area contributed by atoms with Gasteiger partial charge in [-0.2, -0.15) is 0 Å². The first-order chi connectivity index (χ1) is 6.31. The van der Waals surface area contributed by atoms with Gasteiger partial charge in [0.25, 0.3) is 0 Å². The zero-order valence-electron chi connectivity index (χ0n) is 8.73. The first kappa shape index (κ1) is 12.3. The molecule has 3 nitrogen and oxygen atoms in total. The van der Waals surface area contributed by atoms with Gasteiger partial charge in [0.1, 0.15) is 0 Å². The molecule has 0 bridgehead atoms. The topological polar surface area (TPSA) is 41.1 Å². The third-order valence-electron chi connectivity index (χ3n) is 1.73. The second kappa shape index (κ2) is 9.36. The minimum Gasteiger partial charge on any atom is -0.338 e. The van der Waals surface area contributed by atoms with Crippen LogP contribution in [0.25, 0.3) is 0 Å². The summed E-state index contributed by atoms with van der Waals surface area (Å²) in [4.78, 5) is 11.0. The molecule has 0 aliphatic heterocycles. The van der Waals surface area contributed by atoms with Crippen molar-refractivity contribution < 1.29 is 4.79 Å². The quantitative estimate of drug-likeness (QED) is 0.588. The number of hydrogen-bond donors (Lipinski definition) is 2. The molecule has 0 fully saturated rings. The fourth-order valence-electron chi connectivity index (χ4n) is 0.937. The highest BCUT2D eigenvalue weighted by Gasteiger charge is 1.96. The number of amides is 2. The highest BCUT2D eigenvalue weighted by atomic mass is 16.2. The molecule has 0 aliphatic carbocycles. The van der Waals surface area contributed by atoms with Crippen LogP contribution in [0.4, 0.5) is 4.79 Å². The Labute approximate surface area is 81.3 Å². The van der Waals surface area contributed by atoms with E-state index in [9.17, 15) is 4.79 Å². The lowest BCUT2D eigenvalue weighted by Gasteiger charge is -2.05. The molecule has 13 heavy (non-hydrogen) atoms. The van der Waals surface area contributed by atoms with Crippen LogP contribution in [0.15, 0.2) is 0 Å². The number of urea groups is 1. The number of hydrogen-bond acceptors (Lipinski definition) is 1. The lowest BCUT2D eigenvalue weighted by Crippen LogP contribution is -2.34.